The molecule has 0 fully saturated rings. The Morgan fingerprint density at radius 3 is 1.00 bits per heavy atom. The summed E-state index contributed by atoms with van der Waals surface area (Å²) in [7, 11) is -3.67. The summed E-state index contributed by atoms with van der Waals surface area (Å²) in [6.45, 7) is 0. The zero-order valence-electron chi connectivity index (χ0n) is 5.68. The molecule has 0 saturated carbocycles. The predicted octanol–water partition coefficient (Wildman–Crippen LogP) is 2.31. The average Bonchev–Trinajstić information content (AvgIpc) is 1.59. The molecule has 0 N–H and O–H groups in total. The Morgan fingerprint density at radius 1 is 0.917 bits per heavy atom. The van der Waals surface area contributed by atoms with Gasteiger partial charge in [-0.05, 0) is 0 Å². The zero-order chi connectivity index (χ0) is 9.65. The second-order valence-corrected chi connectivity index (χ2v) is 1.09. The molecule has 0 aliphatic rings. The summed E-state index contributed by atoms with van der Waals surface area (Å²) in [4.78, 5) is 0. The second-order valence-electron chi connectivity index (χ2n) is 1.09. The van der Waals surface area contributed by atoms with Crippen molar-refractivity contribution >= 4 is 26.4 Å². The topological polar surface area (TPSA) is 0 Å². The summed E-state index contributed by atoms with van der Waals surface area (Å²) in [5, 5.41) is 0. The van der Waals surface area contributed by atoms with E-state index in [-0.39, 0.29) is 18.9 Å². The largest absolute Gasteiger partial charge is 0.762 e. The van der Waals surface area contributed by atoms with Gasteiger partial charge in [0.15, 0.2) is 0 Å². The van der Waals surface area contributed by atoms with E-state index in [1.807, 2.05) is 0 Å². The van der Waals surface area contributed by atoms with E-state index in [1.165, 1.54) is 0 Å². The molecule has 12 heavy (non-hydrogen) atoms. The number of hydrogen-bond donors (Lipinski definition) is 0. The minimum absolute atomic E-state index is 0. The second kappa shape index (κ2) is 7.74. The first kappa shape index (κ1) is 18.0. The number of hydrogen-bond acceptors (Lipinski definition) is 0. The van der Waals surface area contributed by atoms with Crippen molar-refractivity contribution in [3.8, 4) is 0 Å². The molecule has 0 heterocycles. The third kappa shape index (κ3) is 22.5. The van der Waals surface area contributed by atoms with Crippen LogP contribution < -0.4 is 0 Å². The van der Waals surface area contributed by atoms with Gasteiger partial charge >= 0.3 is 20.1 Å². The minimum atomic E-state index is -5.33. The van der Waals surface area contributed by atoms with Gasteiger partial charge < -0.3 is 0 Å². The van der Waals surface area contributed by atoms with Crippen molar-refractivity contribution in [2.24, 2.45) is 0 Å². The third-order valence-electron chi connectivity index (χ3n) is 0.247. The van der Waals surface area contributed by atoms with Gasteiger partial charge in [-0.15, -0.1) is 0 Å². The molecule has 0 nitrogen and oxygen atoms in total. The monoisotopic (exact) mass is 195 g/mol. The van der Waals surface area contributed by atoms with Gasteiger partial charge in [0.05, 0.1) is 0 Å². The Bertz CT molecular complexity index is 86.8. The summed E-state index contributed by atoms with van der Waals surface area (Å²) in [5.74, 6) is 0. The van der Waals surface area contributed by atoms with Crippen molar-refractivity contribution in [1.82, 2.24) is 0 Å². The van der Waals surface area contributed by atoms with Gasteiger partial charge in [0.25, 0.3) is 0 Å². The summed E-state index contributed by atoms with van der Waals surface area (Å²) in [6.07, 6.45) is -9.53. The molecule has 1 radical (unpaired) electrons. The van der Waals surface area contributed by atoms with Gasteiger partial charge in [0.2, 0.25) is 0 Å². The van der Waals surface area contributed by atoms with Gasteiger partial charge in [-0.3, -0.25) is 12.9 Å². The van der Waals surface area contributed by atoms with E-state index in [4.69, 9.17) is 0 Å². The Kier molecular flexibility index (Phi) is 11.6. The molecule has 0 amide bonds. The molecule has 0 aliphatic heterocycles. The Balaban J connectivity index is -0.000000142. The Morgan fingerprint density at radius 2 is 1.00 bits per heavy atom. The quantitative estimate of drug-likeness (QED) is 0.410. The van der Waals surface area contributed by atoms with Crippen molar-refractivity contribution in [3.63, 3.8) is 0 Å². The van der Waals surface area contributed by atoms with Gasteiger partial charge in [-0.2, -0.15) is 13.2 Å². The molecule has 0 spiro atoms. The molecule has 0 saturated heterocycles. The fourth-order valence-corrected chi connectivity index (χ4v) is 0. The van der Waals surface area contributed by atoms with E-state index >= 15 is 0 Å². The van der Waals surface area contributed by atoms with Crippen LogP contribution in [0.4, 0.5) is 34.9 Å². The maximum absolute atomic E-state index is 10.4. The first-order valence-corrected chi connectivity index (χ1v) is 1.95. The number of halogens is 8. The molecule has 0 atom stereocenters. The van der Waals surface area contributed by atoms with Crippen LogP contribution in [0.5, 0.6) is 0 Å². The fourth-order valence-electron chi connectivity index (χ4n) is 0. The van der Waals surface area contributed by atoms with Crippen LogP contribution in [0.15, 0.2) is 0 Å². The van der Waals surface area contributed by atoms with Crippen LogP contribution in [-0.4, -0.2) is 39.0 Å². The van der Waals surface area contributed by atoms with Crippen LogP contribution in [0, 0.1) is 0 Å². The van der Waals surface area contributed by atoms with E-state index < -0.39 is 20.1 Å². The number of rotatable bonds is 0. The van der Waals surface area contributed by atoms with Crippen LogP contribution in [0.3, 0.4) is 0 Å². The van der Waals surface area contributed by atoms with Gasteiger partial charge in [-0.1, -0.05) is 0 Å². The van der Waals surface area contributed by atoms with Crippen LogP contribution in [0.1, 0.15) is 0 Å². The SMILES string of the molecule is FB(F)F.FC(F)C(F)(F)F.[Li]. The summed E-state index contributed by atoms with van der Waals surface area (Å²) in [6, 6.07) is 0. The smallest absolute Gasteiger partial charge is 0.254 e. The first-order chi connectivity index (χ1) is 4.68. The standard InChI is InChI=1S/C2HF5.BF3.Li/c3-1(4)2(5,6)7;2-1(3)4;/h1H;;. The van der Waals surface area contributed by atoms with Crippen molar-refractivity contribution in [2.75, 3.05) is 0 Å². The van der Waals surface area contributed by atoms with E-state index in [1.54, 1.807) is 0 Å². The van der Waals surface area contributed by atoms with Gasteiger partial charge in [0, 0.05) is 18.9 Å². The third-order valence-corrected chi connectivity index (χ3v) is 0.247. The summed E-state index contributed by atoms with van der Waals surface area (Å²) in [5.41, 5.74) is 0. The normalized spacial score (nSPS) is 9.75. The Labute approximate surface area is 74.7 Å². The molecule has 0 bridgehead atoms. The van der Waals surface area contributed by atoms with Crippen LogP contribution >= 0.6 is 0 Å². The molecule has 0 aliphatic carbocycles. The van der Waals surface area contributed by atoms with Crippen LogP contribution in [-0.2, 0) is 0 Å². The molecule has 0 aromatic rings. The van der Waals surface area contributed by atoms with E-state index in [0.717, 1.165) is 0 Å². The van der Waals surface area contributed by atoms with Crippen LogP contribution in [0.2, 0.25) is 0 Å². The molecular formula is C2HBF8Li. The molecule has 10 heteroatoms. The van der Waals surface area contributed by atoms with E-state index in [9.17, 15) is 34.9 Å². The zero-order valence-corrected chi connectivity index (χ0v) is 5.68. The van der Waals surface area contributed by atoms with Crippen molar-refractivity contribution in [2.45, 2.75) is 12.6 Å². The minimum Gasteiger partial charge on any atom is -0.254 e. The maximum atomic E-state index is 10.4. The van der Waals surface area contributed by atoms with E-state index in [0.29, 0.717) is 0 Å². The first-order valence-electron chi connectivity index (χ1n) is 1.95. The molecule has 69 valence electrons. The van der Waals surface area contributed by atoms with Crippen molar-refractivity contribution < 1.29 is 34.9 Å². The molecule has 0 rings (SSSR count). The Hall–Kier alpha value is 0.102. The molecule has 0 unspecified atom stereocenters. The predicted molar refractivity (Wildman–Crippen MR) is 26.9 cm³/mol. The summed E-state index contributed by atoms with van der Waals surface area (Å²) < 4.78 is 81.1. The summed E-state index contributed by atoms with van der Waals surface area (Å²) >= 11 is 0. The fraction of sp³-hybridized carbons (Fsp3) is 1.00. The van der Waals surface area contributed by atoms with E-state index in [2.05, 4.69) is 0 Å². The molecule has 0 aromatic carbocycles. The molecular weight excluding hydrogens is 194 g/mol. The molecule has 0 aromatic heterocycles. The maximum Gasteiger partial charge on any atom is 0.762 e. The van der Waals surface area contributed by atoms with Gasteiger partial charge in [0.1, 0.15) is 0 Å². The number of alkyl halides is 5. The van der Waals surface area contributed by atoms with Crippen molar-refractivity contribution in [1.29, 1.82) is 0 Å². The van der Waals surface area contributed by atoms with Crippen LogP contribution in [0.25, 0.3) is 0 Å². The van der Waals surface area contributed by atoms with Crippen molar-refractivity contribution in [3.05, 3.63) is 0 Å². The van der Waals surface area contributed by atoms with Gasteiger partial charge in [-0.25, -0.2) is 8.78 Å². The average molecular weight is 195 g/mol.